The van der Waals surface area contributed by atoms with Gasteiger partial charge >= 0.3 is 30.1 Å². The van der Waals surface area contributed by atoms with Crippen LogP contribution in [0.4, 0.5) is 9.59 Å². The van der Waals surface area contributed by atoms with Crippen molar-refractivity contribution in [3.8, 4) is 0 Å². The number of carbonyl (C=O) groups excluding carboxylic acids is 8. The molecule has 0 aliphatic carbocycles. The summed E-state index contributed by atoms with van der Waals surface area (Å²) >= 11 is 0. The van der Waals surface area contributed by atoms with Crippen LogP contribution in [-0.4, -0.2) is 130 Å². The van der Waals surface area contributed by atoms with Gasteiger partial charge in [-0.2, -0.15) is 0 Å². The summed E-state index contributed by atoms with van der Waals surface area (Å²) in [6, 6.07) is 25.4. The molecule has 0 radical (unpaired) electrons. The topological polar surface area (TPSA) is 246 Å². The molecule has 5 rings (SSSR count). The smallest absolute Gasteiger partial charge is 0.410 e. The molecule has 434 valence electrons. The molecule has 19 nitrogen and oxygen atoms in total. The molecule has 0 aromatic heterocycles. The summed E-state index contributed by atoms with van der Waals surface area (Å²) in [6.07, 6.45) is -5.88. The maximum atomic E-state index is 14.5. The molecule has 0 spiro atoms. The monoisotopic (exact) mass is 1110 g/mol. The number of likely N-dealkylation sites (N-methyl/N-ethyl adjacent to an activating group) is 1. The molecular formula is C61H81N5O14. The Labute approximate surface area is 469 Å². The van der Waals surface area contributed by atoms with E-state index >= 15 is 0 Å². The van der Waals surface area contributed by atoms with Crippen LogP contribution in [0.15, 0.2) is 103 Å². The van der Waals surface area contributed by atoms with E-state index in [1.54, 1.807) is 72.7 Å². The third-order valence-electron chi connectivity index (χ3n) is 13.5. The molecule has 8 atom stereocenters. The van der Waals surface area contributed by atoms with Crippen molar-refractivity contribution < 1.29 is 67.1 Å². The van der Waals surface area contributed by atoms with Crippen molar-refractivity contribution >= 4 is 58.6 Å². The molecule has 4 aromatic carbocycles. The van der Waals surface area contributed by atoms with Gasteiger partial charge in [-0.05, 0) is 92.2 Å². The lowest BCUT2D eigenvalue weighted by molar-refractivity contribution is -0.162. The quantitative estimate of drug-likeness (QED) is 0.0370. The molecule has 1 saturated heterocycles. The number of amides is 5. The van der Waals surface area contributed by atoms with E-state index in [1.165, 1.54) is 18.9 Å². The number of alkyl carbamates (subject to hydrolysis) is 1. The zero-order valence-electron chi connectivity index (χ0n) is 48.0. The van der Waals surface area contributed by atoms with Gasteiger partial charge in [0.2, 0.25) is 11.8 Å². The number of ether oxygens (including phenoxy) is 5. The number of nitrogens with one attached hydrogen (secondary N) is 3. The Balaban J connectivity index is 1.29. The number of fused-ring (bicyclic) bond motifs is 1. The van der Waals surface area contributed by atoms with Crippen molar-refractivity contribution in [1.29, 1.82) is 0 Å². The van der Waals surface area contributed by atoms with Gasteiger partial charge in [0, 0.05) is 20.0 Å². The highest BCUT2D eigenvalue weighted by Crippen LogP contribution is 2.24. The highest BCUT2D eigenvalue weighted by molar-refractivity contribution is 5.93. The van der Waals surface area contributed by atoms with Crippen molar-refractivity contribution in [3.05, 3.63) is 120 Å². The predicted octanol–water partition coefficient (Wildman–Crippen LogP) is 7.57. The third-order valence-corrected chi connectivity index (χ3v) is 13.5. The fourth-order valence-electron chi connectivity index (χ4n) is 9.26. The third kappa shape index (κ3) is 19.1. The number of hydrogen-bond acceptors (Lipinski definition) is 14. The number of aliphatic hydroxyl groups excluding tert-OH is 1. The molecule has 1 aliphatic heterocycles. The molecule has 1 heterocycles. The number of nitrogens with zero attached hydrogens (tertiary/aromatic N) is 2. The molecule has 0 bridgehead atoms. The van der Waals surface area contributed by atoms with Gasteiger partial charge in [0.1, 0.15) is 49.1 Å². The van der Waals surface area contributed by atoms with Crippen LogP contribution in [0.3, 0.4) is 0 Å². The van der Waals surface area contributed by atoms with Crippen LogP contribution < -0.4 is 16.0 Å². The second-order valence-electron chi connectivity index (χ2n) is 22.5. The fourth-order valence-corrected chi connectivity index (χ4v) is 9.26. The molecule has 0 saturated carbocycles. The Morgan fingerprint density at radius 3 is 1.89 bits per heavy atom. The average Bonchev–Trinajstić information content (AvgIpc) is 3.90. The lowest BCUT2D eigenvalue weighted by atomic mass is 9.95. The van der Waals surface area contributed by atoms with E-state index in [0.717, 1.165) is 26.8 Å². The van der Waals surface area contributed by atoms with Gasteiger partial charge in [0.05, 0.1) is 18.6 Å². The molecule has 0 unspecified atom stereocenters. The normalized spacial score (nSPS) is 16.1. The van der Waals surface area contributed by atoms with Gasteiger partial charge in [0.15, 0.2) is 6.10 Å². The Hall–Kier alpha value is -7.54. The summed E-state index contributed by atoms with van der Waals surface area (Å²) in [4.78, 5) is 114. The zero-order chi connectivity index (χ0) is 58.8. The number of rotatable bonds is 25. The summed E-state index contributed by atoms with van der Waals surface area (Å²) < 4.78 is 28.4. The summed E-state index contributed by atoms with van der Waals surface area (Å²) in [6.45, 7) is 16.9. The average molecular weight is 1110 g/mol. The summed E-state index contributed by atoms with van der Waals surface area (Å²) in [5.41, 5.74) is 1.19. The van der Waals surface area contributed by atoms with Gasteiger partial charge in [-0.15, -0.1) is 0 Å². The first-order chi connectivity index (χ1) is 37.8. The van der Waals surface area contributed by atoms with Crippen LogP contribution in [-0.2, 0) is 72.1 Å². The van der Waals surface area contributed by atoms with Gasteiger partial charge in [-0.25, -0.2) is 19.2 Å². The standard InChI is InChI=1S/C61H81N5O14/c1-37(2)31-46(56(71)66-30-20-27-47(66)57(72)76-35-41-21-14-12-15-22-41)62-55(70)53(39(5)6)79-50(68)34-49(67)51(38(3)4)63-54(69)52(64-59(74)80-61(8,9)10)40(7)78-58(73)48(33-43-28-29-44-25-18-19-26-45(44)32-43)65(11)60(75)77-36-42-23-16-13-17-24-42/h12-19,21-26,28-29,32,37-40,46-49,51-53,67H,20,27,30-31,33-36H2,1-11H3,(H,62,70)(H,63,69)(H,64,74)/t40-,46+,47+,48+,49+,51-,52-,53+/m1/s1. The summed E-state index contributed by atoms with van der Waals surface area (Å²) in [7, 11) is 1.40. The van der Waals surface area contributed by atoms with E-state index in [2.05, 4.69) is 16.0 Å². The molecule has 1 aliphatic rings. The lowest BCUT2D eigenvalue weighted by Gasteiger charge is -2.33. The van der Waals surface area contributed by atoms with Crippen molar-refractivity contribution in [1.82, 2.24) is 25.8 Å². The largest absolute Gasteiger partial charge is 0.459 e. The minimum absolute atomic E-state index is 0.0235. The summed E-state index contributed by atoms with van der Waals surface area (Å²) in [5.74, 6) is -5.85. The minimum atomic E-state index is -1.66. The Bertz CT molecular complexity index is 2730. The van der Waals surface area contributed by atoms with Crippen LogP contribution in [0.2, 0.25) is 0 Å². The summed E-state index contributed by atoms with van der Waals surface area (Å²) in [5, 5.41) is 21.5. The van der Waals surface area contributed by atoms with E-state index in [9.17, 15) is 43.5 Å². The molecule has 1 fully saturated rings. The molecule has 4 N–H and O–H groups in total. The molecular weight excluding hydrogens is 1030 g/mol. The van der Waals surface area contributed by atoms with E-state index in [-0.39, 0.29) is 38.5 Å². The van der Waals surface area contributed by atoms with Crippen molar-refractivity contribution in [2.45, 2.75) is 169 Å². The number of aliphatic hydroxyl groups is 1. The zero-order valence-corrected chi connectivity index (χ0v) is 48.0. The van der Waals surface area contributed by atoms with Crippen LogP contribution in [0.25, 0.3) is 10.8 Å². The highest BCUT2D eigenvalue weighted by atomic mass is 16.6. The van der Waals surface area contributed by atoms with Gasteiger partial charge in [-0.1, -0.05) is 145 Å². The van der Waals surface area contributed by atoms with Crippen molar-refractivity contribution in [3.63, 3.8) is 0 Å². The second kappa shape index (κ2) is 29.6. The number of carbonyl (C=O) groups is 8. The first-order valence-electron chi connectivity index (χ1n) is 27.4. The van der Waals surface area contributed by atoms with Gasteiger partial charge < -0.3 is 49.6 Å². The van der Waals surface area contributed by atoms with Crippen molar-refractivity contribution in [2.75, 3.05) is 13.6 Å². The second-order valence-corrected chi connectivity index (χ2v) is 22.5. The number of benzene rings is 4. The van der Waals surface area contributed by atoms with E-state index in [0.29, 0.717) is 18.4 Å². The van der Waals surface area contributed by atoms with Crippen LogP contribution >= 0.6 is 0 Å². The first kappa shape index (κ1) is 63.3. The van der Waals surface area contributed by atoms with E-state index in [1.807, 2.05) is 92.7 Å². The molecule has 19 heteroatoms. The molecule has 80 heavy (non-hydrogen) atoms. The van der Waals surface area contributed by atoms with Gasteiger partial charge in [0.25, 0.3) is 5.91 Å². The maximum absolute atomic E-state index is 14.5. The SMILES string of the molecule is CC(C)C[C@H](NC(=O)[C@@H](OC(=O)C[C@H](O)[C@H](NC(=O)[C@H](NC(=O)OC(C)(C)C)[C@@H](C)OC(=O)[C@H](Cc1ccc2ccccc2c1)N(C)C(=O)OCc1ccccc1)C(C)C)C(C)C)C(=O)N1CCC[C@H]1C(=O)OCc1ccccc1. The Morgan fingerprint density at radius 2 is 1.30 bits per heavy atom. The van der Waals surface area contributed by atoms with E-state index in [4.69, 9.17) is 23.7 Å². The number of esters is 3. The maximum Gasteiger partial charge on any atom is 0.410 e. The molecule has 5 amide bonds. The number of hydrogen-bond donors (Lipinski definition) is 4. The van der Waals surface area contributed by atoms with Crippen LogP contribution in [0, 0.1) is 17.8 Å². The highest BCUT2D eigenvalue weighted by Gasteiger charge is 2.42. The lowest BCUT2D eigenvalue weighted by Crippen LogP contribution is -2.59. The Morgan fingerprint density at radius 1 is 0.700 bits per heavy atom. The first-order valence-corrected chi connectivity index (χ1v) is 27.4. The molecule has 4 aromatic rings. The van der Waals surface area contributed by atoms with E-state index < -0.39 is 120 Å². The van der Waals surface area contributed by atoms with Gasteiger partial charge in [-0.3, -0.25) is 24.1 Å². The number of likely N-dealkylation sites (tertiary alicyclic amines) is 1. The minimum Gasteiger partial charge on any atom is -0.459 e. The van der Waals surface area contributed by atoms with Crippen molar-refractivity contribution in [2.24, 2.45) is 17.8 Å². The Kier molecular flexibility index (Phi) is 23.4. The van der Waals surface area contributed by atoms with Crippen LogP contribution in [0.5, 0.6) is 0 Å². The predicted molar refractivity (Wildman–Crippen MR) is 299 cm³/mol. The fraction of sp³-hybridized carbons (Fsp3) is 0.508. The van der Waals surface area contributed by atoms with Crippen LogP contribution in [0.1, 0.15) is 112 Å².